The molecule has 0 bridgehead atoms. The van der Waals surface area contributed by atoms with Gasteiger partial charge in [-0.3, -0.25) is 4.79 Å². The molecule has 0 saturated carbocycles. The number of methoxy groups -OCH3 is 3. The van der Waals surface area contributed by atoms with Crippen molar-refractivity contribution in [3.63, 3.8) is 0 Å². The maximum absolute atomic E-state index is 12.7. The second kappa shape index (κ2) is 9.11. The molecule has 3 N–H and O–H groups in total. The number of nitrogens with one attached hydrogen (secondary N) is 1. The van der Waals surface area contributed by atoms with Gasteiger partial charge in [0.05, 0.1) is 33.2 Å². The smallest absolute Gasteiger partial charge is 0.293 e. The van der Waals surface area contributed by atoms with Gasteiger partial charge < -0.3 is 19.9 Å². The van der Waals surface area contributed by atoms with E-state index in [0.717, 1.165) is 0 Å². The molecule has 0 atom stereocenters. The molecule has 164 valence electrons. The molecule has 3 rings (SSSR count). The number of amides is 1. The van der Waals surface area contributed by atoms with Crippen molar-refractivity contribution in [2.75, 3.05) is 27.1 Å². The molecule has 0 unspecified atom stereocenters. The molecule has 0 aliphatic rings. The lowest BCUT2D eigenvalue weighted by Crippen LogP contribution is -2.21. The number of nitrogens with two attached hydrogens (primary N) is 1. The van der Waals surface area contributed by atoms with Gasteiger partial charge in [0.2, 0.25) is 17.4 Å². The molecule has 0 spiro atoms. The summed E-state index contributed by atoms with van der Waals surface area (Å²) in [4.78, 5) is 12.7. The zero-order valence-electron chi connectivity index (χ0n) is 17.6. The van der Waals surface area contributed by atoms with Crippen molar-refractivity contribution < 1.29 is 23.6 Å². The average molecular weight is 430 g/mol. The normalized spacial score (nSPS) is 11.2. The predicted molar refractivity (Wildman–Crippen MR) is 109 cm³/mol. The number of carbonyl (C=O) groups is 1. The number of anilines is 1. The third kappa shape index (κ3) is 4.24. The summed E-state index contributed by atoms with van der Waals surface area (Å²) >= 11 is 0. The fraction of sp³-hybridized carbons (Fsp3) is 0.333. The van der Waals surface area contributed by atoms with Crippen molar-refractivity contribution in [1.29, 1.82) is 0 Å². The Morgan fingerprint density at radius 3 is 2.39 bits per heavy atom. The number of nitrogen functional groups attached to an aromatic ring is 1. The van der Waals surface area contributed by atoms with Crippen LogP contribution in [-0.2, 0) is 0 Å². The molecule has 0 fully saturated rings. The molecule has 2 aromatic heterocycles. The van der Waals surface area contributed by atoms with E-state index in [1.165, 1.54) is 32.2 Å². The van der Waals surface area contributed by atoms with Crippen molar-refractivity contribution in [3.8, 4) is 23.1 Å². The summed E-state index contributed by atoms with van der Waals surface area (Å²) in [6.45, 7) is 3.74. The first-order chi connectivity index (χ1) is 14.9. The first-order valence-corrected chi connectivity index (χ1v) is 9.08. The second-order valence-electron chi connectivity index (χ2n) is 6.52. The van der Waals surface area contributed by atoms with E-state index in [2.05, 4.69) is 35.8 Å². The summed E-state index contributed by atoms with van der Waals surface area (Å²) in [5.41, 5.74) is 9.32. The number of hydrogen-bond acceptors (Lipinski definition) is 11. The number of benzene rings is 1. The van der Waals surface area contributed by atoms with Crippen LogP contribution in [0.2, 0.25) is 0 Å². The van der Waals surface area contributed by atoms with Crippen LogP contribution in [0, 0.1) is 0 Å². The van der Waals surface area contributed by atoms with Gasteiger partial charge in [0.1, 0.15) is 0 Å². The molecule has 13 nitrogen and oxygen atoms in total. The van der Waals surface area contributed by atoms with Crippen LogP contribution in [0.4, 0.5) is 5.82 Å². The van der Waals surface area contributed by atoms with Gasteiger partial charge in [-0.2, -0.15) is 9.78 Å². The van der Waals surface area contributed by atoms with E-state index in [1.54, 1.807) is 12.1 Å². The van der Waals surface area contributed by atoms with Crippen LogP contribution in [0.3, 0.4) is 0 Å². The SMILES string of the molecule is COc1cc(C=NNC(=O)c2nnn(-c3nonc3N)c2C(C)C)cc(OC)c1OC. The molecule has 0 saturated heterocycles. The number of nitrogens with zero attached hydrogens (tertiary/aromatic N) is 6. The minimum absolute atomic E-state index is 0.0270. The van der Waals surface area contributed by atoms with Gasteiger partial charge in [0.25, 0.3) is 5.91 Å². The first kappa shape index (κ1) is 21.5. The van der Waals surface area contributed by atoms with E-state index in [-0.39, 0.29) is 23.2 Å². The first-order valence-electron chi connectivity index (χ1n) is 9.08. The minimum atomic E-state index is -0.561. The highest BCUT2D eigenvalue weighted by Crippen LogP contribution is 2.37. The largest absolute Gasteiger partial charge is 0.493 e. The van der Waals surface area contributed by atoms with E-state index >= 15 is 0 Å². The van der Waals surface area contributed by atoms with E-state index < -0.39 is 5.91 Å². The van der Waals surface area contributed by atoms with Crippen molar-refractivity contribution in [2.24, 2.45) is 5.10 Å². The van der Waals surface area contributed by atoms with Gasteiger partial charge in [0, 0.05) is 5.56 Å². The standard InChI is InChI=1S/C18H22N8O5/c1-9(2)14-13(21-25-26(14)17-16(19)23-31-24-17)18(27)22-20-8-10-6-11(28-3)15(30-5)12(7-10)29-4/h6-9H,1-5H3,(H2,19,23)(H,22,27). The van der Waals surface area contributed by atoms with Gasteiger partial charge in [0.15, 0.2) is 17.2 Å². The van der Waals surface area contributed by atoms with Crippen LogP contribution < -0.4 is 25.4 Å². The van der Waals surface area contributed by atoms with Crippen molar-refractivity contribution in [2.45, 2.75) is 19.8 Å². The predicted octanol–water partition coefficient (Wildman–Crippen LogP) is 1.15. The highest BCUT2D eigenvalue weighted by atomic mass is 16.6. The number of aromatic nitrogens is 5. The molecule has 0 radical (unpaired) electrons. The number of rotatable bonds is 8. The fourth-order valence-corrected chi connectivity index (χ4v) is 2.86. The summed E-state index contributed by atoms with van der Waals surface area (Å²) in [6, 6.07) is 3.38. The number of carbonyl (C=O) groups excluding carboxylic acids is 1. The molecule has 1 aromatic carbocycles. The summed E-state index contributed by atoms with van der Waals surface area (Å²) in [5, 5.41) is 19.1. The average Bonchev–Trinajstić information content (AvgIpc) is 3.38. The lowest BCUT2D eigenvalue weighted by Gasteiger charge is -2.12. The lowest BCUT2D eigenvalue weighted by atomic mass is 10.1. The van der Waals surface area contributed by atoms with Crippen LogP contribution in [0.15, 0.2) is 21.9 Å². The monoisotopic (exact) mass is 430 g/mol. The molecule has 13 heteroatoms. The van der Waals surface area contributed by atoms with Crippen LogP contribution in [0.1, 0.15) is 41.5 Å². The highest BCUT2D eigenvalue weighted by molar-refractivity contribution is 5.94. The minimum Gasteiger partial charge on any atom is -0.493 e. The van der Waals surface area contributed by atoms with Gasteiger partial charge >= 0.3 is 0 Å². The Kier molecular flexibility index (Phi) is 6.33. The molecule has 2 heterocycles. The van der Waals surface area contributed by atoms with Crippen LogP contribution in [-0.4, -0.2) is 58.8 Å². The maximum atomic E-state index is 12.7. The van der Waals surface area contributed by atoms with Crippen molar-refractivity contribution >= 4 is 17.9 Å². The van der Waals surface area contributed by atoms with Crippen LogP contribution in [0.25, 0.3) is 5.82 Å². The molecular weight excluding hydrogens is 408 g/mol. The number of ether oxygens (including phenoxy) is 3. The summed E-state index contributed by atoms with van der Waals surface area (Å²) in [6.07, 6.45) is 1.43. The maximum Gasteiger partial charge on any atom is 0.293 e. The third-order valence-corrected chi connectivity index (χ3v) is 4.23. The second-order valence-corrected chi connectivity index (χ2v) is 6.52. The molecule has 31 heavy (non-hydrogen) atoms. The third-order valence-electron chi connectivity index (χ3n) is 4.23. The Labute approximate surface area is 177 Å². The van der Waals surface area contributed by atoms with Gasteiger partial charge in [-0.05, 0) is 28.4 Å². The fourth-order valence-electron chi connectivity index (χ4n) is 2.86. The van der Waals surface area contributed by atoms with E-state index in [4.69, 9.17) is 19.9 Å². The quantitative estimate of drug-likeness (QED) is 0.391. The highest BCUT2D eigenvalue weighted by Gasteiger charge is 2.25. The van der Waals surface area contributed by atoms with Crippen molar-refractivity contribution in [1.82, 2.24) is 30.7 Å². The van der Waals surface area contributed by atoms with E-state index in [1.807, 2.05) is 13.8 Å². The topological polar surface area (TPSA) is 165 Å². The Hall–Kier alpha value is -4.16. The zero-order valence-corrected chi connectivity index (χ0v) is 17.6. The van der Waals surface area contributed by atoms with Crippen LogP contribution in [0.5, 0.6) is 17.2 Å². The number of hydrogen-bond donors (Lipinski definition) is 2. The summed E-state index contributed by atoms with van der Waals surface area (Å²) < 4.78 is 21.8. The van der Waals surface area contributed by atoms with Gasteiger partial charge in [-0.1, -0.05) is 19.1 Å². The molecule has 1 amide bonds. The Morgan fingerprint density at radius 1 is 1.19 bits per heavy atom. The van der Waals surface area contributed by atoms with Crippen LogP contribution >= 0.6 is 0 Å². The Morgan fingerprint density at radius 2 is 1.87 bits per heavy atom. The van der Waals surface area contributed by atoms with Gasteiger partial charge in [-0.25, -0.2) is 10.1 Å². The lowest BCUT2D eigenvalue weighted by molar-refractivity contribution is 0.0948. The Bertz CT molecular complexity index is 1080. The van der Waals surface area contributed by atoms with Crippen molar-refractivity contribution in [3.05, 3.63) is 29.1 Å². The summed E-state index contributed by atoms with van der Waals surface area (Å²) in [7, 11) is 4.53. The zero-order chi connectivity index (χ0) is 22.5. The summed E-state index contributed by atoms with van der Waals surface area (Å²) in [5.74, 6) is 0.845. The van der Waals surface area contributed by atoms with E-state index in [9.17, 15) is 4.79 Å². The van der Waals surface area contributed by atoms with Gasteiger partial charge in [-0.15, -0.1) is 5.10 Å². The molecular formula is C18H22N8O5. The number of hydrazone groups is 1. The van der Waals surface area contributed by atoms with E-state index in [0.29, 0.717) is 28.5 Å². The molecule has 0 aliphatic carbocycles. The Balaban J connectivity index is 1.84. The molecule has 0 aliphatic heterocycles. The molecule has 3 aromatic rings.